The molecule has 0 fully saturated rings. The predicted molar refractivity (Wildman–Crippen MR) is 98.0 cm³/mol. The van der Waals surface area contributed by atoms with E-state index in [1.165, 1.54) is 18.2 Å². The molecule has 0 aliphatic heterocycles. The molecule has 0 saturated carbocycles. The highest BCUT2D eigenvalue weighted by Gasteiger charge is 2.10. The first-order valence-corrected chi connectivity index (χ1v) is 7.90. The van der Waals surface area contributed by atoms with Gasteiger partial charge in [0.2, 0.25) is 0 Å². The van der Waals surface area contributed by atoms with E-state index in [9.17, 15) is 9.18 Å². The summed E-state index contributed by atoms with van der Waals surface area (Å²) in [7, 11) is 0. The first kappa shape index (κ1) is 16.6. The number of halogens is 1. The molecule has 3 nitrogen and oxygen atoms in total. The van der Waals surface area contributed by atoms with Crippen LogP contribution in [0.1, 0.15) is 22.8 Å². The Balaban J connectivity index is 1.72. The largest absolute Gasteiger partial charge is 0.274 e. The van der Waals surface area contributed by atoms with E-state index >= 15 is 0 Å². The molecule has 0 spiro atoms. The molecule has 0 unspecified atom stereocenters. The highest BCUT2D eigenvalue weighted by molar-refractivity contribution is 6.01. The fraction of sp³-hybridized carbons (Fsp3) is 0.0476. The molecule has 3 rings (SSSR count). The van der Waals surface area contributed by atoms with Gasteiger partial charge < -0.3 is 0 Å². The van der Waals surface area contributed by atoms with Gasteiger partial charge in [-0.25, -0.2) is 9.82 Å². The molecule has 0 radical (unpaired) electrons. The maximum Gasteiger partial charge on any atom is 0.274 e. The van der Waals surface area contributed by atoms with E-state index in [1.807, 2.05) is 54.6 Å². The van der Waals surface area contributed by atoms with Gasteiger partial charge in [0, 0.05) is 0 Å². The molecule has 3 aromatic carbocycles. The van der Waals surface area contributed by atoms with Crippen molar-refractivity contribution in [3.63, 3.8) is 0 Å². The number of carbonyl (C=O) groups is 1. The van der Waals surface area contributed by atoms with Crippen molar-refractivity contribution >= 4 is 11.6 Å². The van der Waals surface area contributed by atoms with Crippen LogP contribution in [0.4, 0.5) is 4.39 Å². The van der Waals surface area contributed by atoms with E-state index in [0.717, 1.165) is 16.7 Å². The Labute approximate surface area is 145 Å². The molecule has 25 heavy (non-hydrogen) atoms. The summed E-state index contributed by atoms with van der Waals surface area (Å²) in [4.78, 5) is 12.0. The molecule has 4 heteroatoms. The minimum atomic E-state index is -0.571. The Morgan fingerprint density at radius 1 is 0.840 bits per heavy atom. The average molecular weight is 332 g/mol. The number of amides is 1. The number of rotatable bonds is 4. The van der Waals surface area contributed by atoms with E-state index in [4.69, 9.17) is 0 Å². The van der Waals surface area contributed by atoms with Gasteiger partial charge in [0.1, 0.15) is 5.82 Å². The molecule has 0 atom stereocenters. The van der Waals surface area contributed by atoms with Crippen LogP contribution in [0.3, 0.4) is 0 Å². The second-order valence-electron chi connectivity index (χ2n) is 5.56. The number of hydrogen-bond acceptors (Lipinski definition) is 2. The smallest absolute Gasteiger partial charge is 0.267 e. The third-order valence-corrected chi connectivity index (χ3v) is 3.85. The number of benzene rings is 3. The van der Waals surface area contributed by atoms with Crippen LogP contribution in [0.15, 0.2) is 84.0 Å². The molecule has 1 amide bonds. The fourth-order valence-electron chi connectivity index (χ4n) is 2.44. The predicted octanol–water partition coefficient (Wildman–Crippen LogP) is 4.65. The molecule has 1 N–H and O–H groups in total. The normalized spacial score (nSPS) is 11.2. The van der Waals surface area contributed by atoms with Gasteiger partial charge in [-0.3, -0.25) is 4.79 Å². The van der Waals surface area contributed by atoms with Crippen LogP contribution in [0.2, 0.25) is 0 Å². The maximum atomic E-state index is 13.6. The topological polar surface area (TPSA) is 41.5 Å². The zero-order chi connectivity index (χ0) is 17.6. The quantitative estimate of drug-likeness (QED) is 0.548. The molecule has 3 aromatic rings. The number of nitrogens with zero attached hydrogens (tertiary/aromatic N) is 1. The number of hydrazone groups is 1. The van der Waals surface area contributed by atoms with E-state index in [1.54, 1.807) is 13.0 Å². The van der Waals surface area contributed by atoms with E-state index in [-0.39, 0.29) is 5.56 Å². The third kappa shape index (κ3) is 3.98. The summed E-state index contributed by atoms with van der Waals surface area (Å²) < 4.78 is 13.6. The lowest BCUT2D eigenvalue weighted by atomic mass is 10.0. The molecule has 0 aliphatic rings. The van der Waals surface area contributed by atoms with Gasteiger partial charge in [-0.1, -0.05) is 66.7 Å². The molecular formula is C21H17FN2O. The monoisotopic (exact) mass is 332 g/mol. The van der Waals surface area contributed by atoms with Gasteiger partial charge in [0.15, 0.2) is 0 Å². The van der Waals surface area contributed by atoms with E-state index in [0.29, 0.717) is 5.71 Å². The van der Waals surface area contributed by atoms with Crippen molar-refractivity contribution in [2.24, 2.45) is 5.10 Å². The third-order valence-electron chi connectivity index (χ3n) is 3.85. The first-order valence-electron chi connectivity index (χ1n) is 7.90. The van der Waals surface area contributed by atoms with Crippen molar-refractivity contribution in [3.8, 4) is 11.1 Å². The van der Waals surface area contributed by atoms with Crippen LogP contribution in [-0.2, 0) is 0 Å². The zero-order valence-electron chi connectivity index (χ0n) is 13.7. The molecule has 0 heterocycles. The van der Waals surface area contributed by atoms with Crippen molar-refractivity contribution in [2.45, 2.75) is 6.92 Å². The van der Waals surface area contributed by atoms with Gasteiger partial charge in [-0.05, 0) is 35.7 Å². The molecule has 0 saturated heterocycles. The van der Waals surface area contributed by atoms with Gasteiger partial charge in [-0.15, -0.1) is 0 Å². The SMILES string of the molecule is C/C(=N\NC(=O)c1ccccc1F)c1ccc(-c2ccccc2)cc1. The van der Waals surface area contributed by atoms with Crippen molar-refractivity contribution in [2.75, 3.05) is 0 Å². The fourth-order valence-corrected chi connectivity index (χ4v) is 2.44. The van der Waals surface area contributed by atoms with Gasteiger partial charge in [0.25, 0.3) is 5.91 Å². The standard InChI is InChI=1S/C21H17FN2O/c1-15(23-24-21(25)19-9-5-6-10-20(19)22)16-11-13-18(14-12-16)17-7-3-2-4-8-17/h2-14H,1H3,(H,24,25)/b23-15+. The second-order valence-corrected chi connectivity index (χ2v) is 5.56. The number of carbonyl (C=O) groups excluding carboxylic acids is 1. The average Bonchev–Trinajstić information content (AvgIpc) is 2.67. The van der Waals surface area contributed by atoms with Crippen molar-refractivity contribution < 1.29 is 9.18 Å². The summed E-state index contributed by atoms with van der Waals surface area (Å²) in [6.07, 6.45) is 0. The Morgan fingerprint density at radius 3 is 2.12 bits per heavy atom. The molecule has 0 bridgehead atoms. The lowest BCUT2D eigenvalue weighted by Gasteiger charge is -2.06. The molecular weight excluding hydrogens is 315 g/mol. The summed E-state index contributed by atoms with van der Waals surface area (Å²) in [6, 6.07) is 23.8. The minimum absolute atomic E-state index is 0.0292. The second kappa shape index (κ2) is 7.53. The van der Waals surface area contributed by atoms with Crippen LogP contribution in [-0.4, -0.2) is 11.6 Å². The van der Waals surface area contributed by atoms with E-state index in [2.05, 4.69) is 10.5 Å². The first-order chi connectivity index (χ1) is 12.1. The minimum Gasteiger partial charge on any atom is -0.267 e. The molecule has 0 aromatic heterocycles. The Morgan fingerprint density at radius 2 is 1.44 bits per heavy atom. The van der Waals surface area contributed by atoms with Crippen LogP contribution in [0.25, 0.3) is 11.1 Å². The zero-order valence-corrected chi connectivity index (χ0v) is 13.7. The lowest BCUT2D eigenvalue weighted by molar-refractivity contribution is 0.0951. The summed E-state index contributed by atoms with van der Waals surface area (Å²) in [5.74, 6) is -1.14. The molecule has 0 aliphatic carbocycles. The van der Waals surface area contributed by atoms with Crippen LogP contribution in [0.5, 0.6) is 0 Å². The summed E-state index contributed by atoms with van der Waals surface area (Å²) in [6.45, 7) is 1.79. The Hall–Kier alpha value is -3.27. The number of nitrogens with one attached hydrogen (secondary N) is 1. The van der Waals surface area contributed by atoms with Crippen LogP contribution in [0, 0.1) is 5.82 Å². The van der Waals surface area contributed by atoms with Crippen LogP contribution < -0.4 is 5.43 Å². The van der Waals surface area contributed by atoms with Crippen molar-refractivity contribution in [1.29, 1.82) is 0 Å². The van der Waals surface area contributed by atoms with Crippen molar-refractivity contribution in [1.82, 2.24) is 5.43 Å². The number of hydrogen-bond donors (Lipinski definition) is 1. The lowest BCUT2D eigenvalue weighted by Crippen LogP contribution is -2.20. The Bertz CT molecular complexity index is 903. The van der Waals surface area contributed by atoms with Crippen molar-refractivity contribution in [3.05, 3.63) is 95.8 Å². The van der Waals surface area contributed by atoms with Gasteiger partial charge in [-0.2, -0.15) is 5.10 Å². The summed E-state index contributed by atoms with van der Waals surface area (Å²) in [5.41, 5.74) is 6.13. The van der Waals surface area contributed by atoms with Gasteiger partial charge >= 0.3 is 0 Å². The summed E-state index contributed by atoms with van der Waals surface area (Å²) in [5, 5.41) is 4.06. The molecule has 124 valence electrons. The Kier molecular flexibility index (Phi) is 5.00. The maximum absolute atomic E-state index is 13.6. The summed E-state index contributed by atoms with van der Waals surface area (Å²) >= 11 is 0. The van der Waals surface area contributed by atoms with Gasteiger partial charge in [0.05, 0.1) is 11.3 Å². The highest BCUT2D eigenvalue weighted by atomic mass is 19.1. The van der Waals surface area contributed by atoms with E-state index < -0.39 is 11.7 Å². The highest BCUT2D eigenvalue weighted by Crippen LogP contribution is 2.19. The van der Waals surface area contributed by atoms with Crippen LogP contribution >= 0.6 is 0 Å².